The highest BCUT2D eigenvalue weighted by molar-refractivity contribution is 9.10. The summed E-state index contributed by atoms with van der Waals surface area (Å²) in [7, 11) is 0. The van der Waals surface area contributed by atoms with Crippen molar-refractivity contribution in [2.45, 2.75) is 6.92 Å². The van der Waals surface area contributed by atoms with Crippen LogP contribution in [0.2, 0.25) is 0 Å². The first-order chi connectivity index (χ1) is 9.77. The fraction of sp³-hybridized carbons (Fsp3) is 0.0556. The maximum Gasteiger partial charge on any atom is 0.0701 e. The van der Waals surface area contributed by atoms with Crippen LogP contribution in [0.25, 0.3) is 11.3 Å². The van der Waals surface area contributed by atoms with E-state index in [1.807, 2.05) is 60.8 Å². The minimum Gasteiger partial charge on any atom is -0.256 e. The Labute approximate surface area is 128 Å². The first-order valence-electron chi connectivity index (χ1n) is 6.45. The number of pyridine rings is 1. The number of hydrogen-bond acceptors (Lipinski definition) is 1. The summed E-state index contributed by atoms with van der Waals surface area (Å²) in [6.45, 7) is 2.07. The zero-order valence-electron chi connectivity index (χ0n) is 11.3. The van der Waals surface area contributed by atoms with E-state index in [0.717, 1.165) is 11.3 Å². The minimum absolute atomic E-state index is 1.03. The molecule has 0 saturated carbocycles. The van der Waals surface area contributed by atoms with Gasteiger partial charge in [0.15, 0.2) is 0 Å². The van der Waals surface area contributed by atoms with Crippen molar-refractivity contribution in [1.29, 1.82) is 0 Å². The molecule has 3 rings (SSSR count). The number of aromatic nitrogens is 1. The molecule has 0 radical (unpaired) electrons. The Morgan fingerprint density at radius 1 is 0.750 bits per heavy atom. The molecule has 1 heterocycles. The Morgan fingerprint density at radius 3 is 1.95 bits per heavy atom. The van der Waals surface area contributed by atoms with Gasteiger partial charge in [-0.25, -0.2) is 0 Å². The Morgan fingerprint density at radius 2 is 1.40 bits per heavy atom. The third-order valence-corrected chi connectivity index (χ3v) is 3.70. The Kier molecular flexibility index (Phi) is 5.51. The molecule has 0 spiro atoms. The average molecular weight is 326 g/mol. The number of benzene rings is 2. The third kappa shape index (κ3) is 4.32. The van der Waals surface area contributed by atoms with E-state index in [1.165, 1.54) is 10.0 Å². The third-order valence-electron chi connectivity index (χ3n) is 2.81. The van der Waals surface area contributed by atoms with Crippen molar-refractivity contribution in [1.82, 2.24) is 4.98 Å². The predicted molar refractivity (Wildman–Crippen MR) is 88.6 cm³/mol. The van der Waals surface area contributed by atoms with Gasteiger partial charge in [0.25, 0.3) is 0 Å². The summed E-state index contributed by atoms with van der Waals surface area (Å²) in [4.78, 5) is 4.25. The molecular weight excluding hydrogens is 310 g/mol. The van der Waals surface area contributed by atoms with Gasteiger partial charge in [0.1, 0.15) is 0 Å². The van der Waals surface area contributed by atoms with Crippen molar-refractivity contribution in [3.05, 3.63) is 89.0 Å². The Hall–Kier alpha value is -1.93. The second-order valence-electron chi connectivity index (χ2n) is 4.33. The lowest BCUT2D eigenvalue weighted by atomic mass is 10.1. The van der Waals surface area contributed by atoms with Gasteiger partial charge in [0.05, 0.1) is 5.69 Å². The molecule has 0 unspecified atom stereocenters. The first kappa shape index (κ1) is 14.5. The highest BCUT2D eigenvalue weighted by Gasteiger charge is 1.93. The van der Waals surface area contributed by atoms with Gasteiger partial charge in [-0.2, -0.15) is 0 Å². The van der Waals surface area contributed by atoms with Crippen molar-refractivity contribution in [2.24, 2.45) is 0 Å². The molecule has 1 nitrogen and oxygen atoms in total. The van der Waals surface area contributed by atoms with E-state index in [2.05, 4.69) is 46.0 Å². The van der Waals surface area contributed by atoms with Crippen LogP contribution < -0.4 is 0 Å². The molecule has 0 bridgehead atoms. The van der Waals surface area contributed by atoms with Gasteiger partial charge in [-0.15, -0.1) is 0 Å². The van der Waals surface area contributed by atoms with E-state index in [1.54, 1.807) is 0 Å². The number of halogens is 1. The molecular formula is C18H16BrN. The van der Waals surface area contributed by atoms with E-state index in [0.29, 0.717) is 0 Å². The molecule has 1 aromatic heterocycles. The molecule has 0 atom stereocenters. The van der Waals surface area contributed by atoms with Gasteiger partial charge >= 0.3 is 0 Å². The monoisotopic (exact) mass is 325 g/mol. The summed E-state index contributed by atoms with van der Waals surface area (Å²) >= 11 is 3.40. The van der Waals surface area contributed by atoms with Crippen molar-refractivity contribution in [3.8, 4) is 11.3 Å². The summed E-state index contributed by atoms with van der Waals surface area (Å²) in [5.74, 6) is 0. The highest BCUT2D eigenvalue weighted by atomic mass is 79.9. The molecule has 0 fully saturated rings. The van der Waals surface area contributed by atoms with Gasteiger partial charge in [-0.05, 0) is 30.7 Å². The van der Waals surface area contributed by atoms with Gasteiger partial charge < -0.3 is 0 Å². The molecule has 2 aromatic carbocycles. The van der Waals surface area contributed by atoms with Gasteiger partial charge in [-0.1, -0.05) is 70.5 Å². The summed E-state index contributed by atoms with van der Waals surface area (Å²) in [6.07, 6.45) is 1.81. The second-order valence-corrected chi connectivity index (χ2v) is 5.18. The zero-order chi connectivity index (χ0) is 14.2. The molecule has 0 amide bonds. The summed E-state index contributed by atoms with van der Waals surface area (Å²) in [5.41, 5.74) is 3.48. The van der Waals surface area contributed by atoms with Crippen molar-refractivity contribution in [3.63, 3.8) is 0 Å². The molecule has 0 aliphatic carbocycles. The summed E-state index contributed by atoms with van der Waals surface area (Å²) in [6, 6.07) is 24.2. The van der Waals surface area contributed by atoms with E-state index in [-0.39, 0.29) is 0 Å². The minimum atomic E-state index is 1.03. The average Bonchev–Trinajstić information content (AvgIpc) is 2.53. The smallest absolute Gasteiger partial charge is 0.0701 e. The highest BCUT2D eigenvalue weighted by Crippen LogP contribution is 2.14. The van der Waals surface area contributed by atoms with E-state index < -0.39 is 0 Å². The van der Waals surface area contributed by atoms with E-state index in [4.69, 9.17) is 0 Å². The van der Waals surface area contributed by atoms with Crippen LogP contribution in [0.1, 0.15) is 5.56 Å². The molecule has 3 aromatic rings. The quantitative estimate of drug-likeness (QED) is 0.575. The maximum atomic E-state index is 4.25. The number of rotatable bonds is 1. The van der Waals surface area contributed by atoms with E-state index >= 15 is 0 Å². The van der Waals surface area contributed by atoms with Crippen LogP contribution in [0.15, 0.2) is 83.5 Å². The lowest BCUT2D eigenvalue weighted by molar-refractivity contribution is 1.33. The lowest BCUT2D eigenvalue weighted by Crippen LogP contribution is -1.79. The first-order valence-corrected chi connectivity index (χ1v) is 7.24. The van der Waals surface area contributed by atoms with Crippen LogP contribution in [0.3, 0.4) is 0 Å². The Balaban J connectivity index is 0.000000160. The fourth-order valence-electron chi connectivity index (χ4n) is 1.69. The van der Waals surface area contributed by atoms with Crippen LogP contribution in [0, 0.1) is 6.92 Å². The molecule has 0 aliphatic rings. The molecule has 20 heavy (non-hydrogen) atoms. The lowest BCUT2D eigenvalue weighted by Gasteiger charge is -1.97. The van der Waals surface area contributed by atoms with Crippen molar-refractivity contribution >= 4 is 15.9 Å². The van der Waals surface area contributed by atoms with Gasteiger partial charge in [0.2, 0.25) is 0 Å². The van der Waals surface area contributed by atoms with Gasteiger partial charge in [0, 0.05) is 16.2 Å². The molecule has 0 saturated heterocycles. The van der Waals surface area contributed by atoms with E-state index in [9.17, 15) is 0 Å². The topological polar surface area (TPSA) is 12.9 Å². The van der Waals surface area contributed by atoms with Gasteiger partial charge in [-0.3, -0.25) is 4.98 Å². The number of nitrogens with zero attached hydrogens (tertiary/aromatic N) is 1. The molecule has 0 aliphatic heterocycles. The summed E-state index contributed by atoms with van der Waals surface area (Å²) in [5, 5.41) is 0. The normalized spacial score (nSPS) is 9.50. The Bertz CT molecular complexity index is 577. The summed E-state index contributed by atoms with van der Waals surface area (Å²) < 4.78 is 1.18. The molecule has 100 valence electrons. The molecule has 0 N–H and O–H groups in total. The largest absolute Gasteiger partial charge is 0.256 e. The van der Waals surface area contributed by atoms with Crippen LogP contribution in [0.4, 0.5) is 0 Å². The SMILES string of the molecule is Cc1ccccc1Br.c1ccc(-c2ccccn2)cc1. The standard InChI is InChI=1S/C11H9N.C7H7Br/c1-2-6-10(7-3-1)11-8-4-5-9-12-11;1-6-4-2-3-5-7(6)8/h1-9H;2-5H,1H3. The zero-order valence-corrected chi connectivity index (χ0v) is 12.9. The number of aryl methyl sites for hydroxylation is 1. The van der Waals surface area contributed by atoms with Crippen LogP contribution in [-0.4, -0.2) is 4.98 Å². The second kappa shape index (κ2) is 7.61. The number of hydrogen-bond donors (Lipinski definition) is 0. The van der Waals surface area contributed by atoms with Crippen molar-refractivity contribution in [2.75, 3.05) is 0 Å². The van der Waals surface area contributed by atoms with Crippen LogP contribution in [0.5, 0.6) is 0 Å². The van der Waals surface area contributed by atoms with Crippen LogP contribution >= 0.6 is 15.9 Å². The van der Waals surface area contributed by atoms with Crippen molar-refractivity contribution < 1.29 is 0 Å². The maximum absolute atomic E-state index is 4.25. The fourth-order valence-corrected chi connectivity index (χ4v) is 1.98. The van der Waals surface area contributed by atoms with Crippen LogP contribution in [-0.2, 0) is 0 Å². The predicted octanol–water partition coefficient (Wildman–Crippen LogP) is 5.51. The molecule has 2 heteroatoms.